The fourth-order valence-corrected chi connectivity index (χ4v) is 3.04. The van der Waals surface area contributed by atoms with E-state index in [0.717, 1.165) is 13.0 Å². The standard InChI is InChI=1S/C13H19N3S/c1-10(6-13-5-4-11(2)17-13)16-9-15-8-12(16)7-14-3/h4-5,8-10,14H,6-7H2,1-3H3. The molecule has 17 heavy (non-hydrogen) atoms. The van der Waals surface area contributed by atoms with Crippen molar-refractivity contribution < 1.29 is 0 Å². The number of aromatic nitrogens is 2. The molecule has 92 valence electrons. The Morgan fingerprint density at radius 3 is 2.94 bits per heavy atom. The van der Waals surface area contributed by atoms with Crippen molar-refractivity contribution >= 4 is 11.3 Å². The molecule has 0 amide bonds. The lowest BCUT2D eigenvalue weighted by molar-refractivity contribution is 0.521. The zero-order valence-corrected chi connectivity index (χ0v) is 11.4. The maximum absolute atomic E-state index is 4.24. The summed E-state index contributed by atoms with van der Waals surface area (Å²) in [7, 11) is 1.96. The Kier molecular flexibility index (Phi) is 3.97. The van der Waals surface area contributed by atoms with Crippen LogP contribution < -0.4 is 5.32 Å². The second-order valence-corrected chi connectivity index (χ2v) is 5.76. The highest BCUT2D eigenvalue weighted by Crippen LogP contribution is 2.22. The van der Waals surface area contributed by atoms with Crippen LogP contribution in [0.3, 0.4) is 0 Å². The molecule has 2 heterocycles. The lowest BCUT2D eigenvalue weighted by Crippen LogP contribution is -2.14. The van der Waals surface area contributed by atoms with Crippen molar-refractivity contribution in [3.05, 3.63) is 40.1 Å². The minimum absolute atomic E-state index is 0.457. The average Bonchev–Trinajstić information content (AvgIpc) is 2.88. The van der Waals surface area contributed by atoms with E-state index < -0.39 is 0 Å². The van der Waals surface area contributed by atoms with Gasteiger partial charge in [-0.05, 0) is 33.0 Å². The summed E-state index contributed by atoms with van der Waals surface area (Å²) >= 11 is 1.88. The van der Waals surface area contributed by atoms with Gasteiger partial charge in [-0.25, -0.2) is 4.98 Å². The van der Waals surface area contributed by atoms with Gasteiger partial charge in [0.1, 0.15) is 0 Å². The predicted octanol–water partition coefficient (Wildman–Crippen LogP) is 2.78. The molecule has 2 aromatic heterocycles. The largest absolute Gasteiger partial charge is 0.330 e. The van der Waals surface area contributed by atoms with Gasteiger partial charge >= 0.3 is 0 Å². The van der Waals surface area contributed by atoms with Crippen molar-refractivity contribution in [2.75, 3.05) is 7.05 Å². The summed E-state index contributed by atoms with van der Waals surface area (Å²) in [5.41, 5.74) is 1.24. The summed E-state index contributed by atoms with van der Waals surface area (Å²) in [6.07, 6.45) is 4.94. The number of aryl methyl sites for hydroxylation is 1. The molecule has 0 aliphatic carbocycles. The molecule has 0 aromatic carbocycles. The molecule has 1 unspecified atom stereocenters. The maximum Gasteiger partial charge on any atom is 0.0951 e. The molecule has 1 N–H and O–H groups in total. The van der Waals surface area contributed by atoms with Crippen molar-refractivity contribution in [1.29, 1.82) is 0 Å². The number of thiophene rings is 1. The monoisotopic (exact) mass is 249 g/mol. The SMILES string of the molecule is CNCc1cncn1C(C)Cc1ccc(C)s1. The highest BCUT2D eigenvalue weighted by atomic mass is 32.1. The number of imidazole rings is 1. The Morgan fingerprint density at radius 1 is 1.47 bits per heavy atom. The third-order valence-corrected chi connectivity index (χ3v) is 3.89. The van der Waals surface area contributed by atoms with Crippen LogP contribution in [0.5, 0.6) is 0 Å². The van der Waals surface area contributed by atoms with Gasteiger partial charge < -0.3 is 9.88 Å². The molecule has 4 heteroatoms. The highest BCUT2D eigenvalue weighted by Gasteiger charge is 2.10. The van der Waals surface area contributed by atoms with Crippen molar-refractivity contribution in [3.63, 3.8) is 0 Å². The van der Waals surface area contributed by atoms with Gasteiger partial charge in [-0.2, -0.15) is 0 Å². The van der Waals surface area contributed by atoms with E-state index in [1.807, 2.05) is 30.9 Å². The Labute approximate surface area is 107 Å². The van der Waals surface area contributed by atoms with Gasteiger partial charge in [0.05, 0.1) is 12.0 Å². The van der Waals surface area contributed by atoms with Crippen LogP contribution in [-0.2, 0) is 13.0 Å². The molecule has 0 radical (unpaired) electrons. The van der Waals surface area contributed by atoms with E-state index in [1.54, 1.807) is 0 Å². The summed E-state index contributed by atoms with van der Waals surface area (Å²) < 4.78 is 2.26. The molecule has 0 bridgehead atoms. The van der Waals surface area contributed by atoms with Gasteiger partial charge in [0.2, 0.25) is 0 Å². The van der Waals surface area contributed by atoms with Gasteiger partial charge in [-0.15, -0.1) is 11.3 Å². The van der Waals surface area contributed by atoms with Crippen LogP contribution in [0.1, 0.15) is 28.4 Å². The number of hydrogen-bond donors (Lipinski definition) is 1. The molecule has 0 saturated heterocycles. The first-order valence-electron chi connectivity index (χ1n) is 5.91. The third kappa shape index (κ3) is 2.96. The molecule has 3 nitrogen and oxygen atoms in total. The highest BCUT2D eigenvalue weighted by molar-refractivity contribution is 7.11. The number of rotatable bonds is 5. The Balaban J connectivity index is 2.08. The fourth-order valence-electron chi connectivity index (χ4n) is 2.03. The van der Waals surface area contributed by atoms with Crippen LogP contribution in [0.2, 0.25) is 0 Å². The zero-order valence-electron chi connectivity index (χ0n) is 10.6. The van der Waals surface area contributed by atoms with Crippen LogP contribution in [0.25, 0.3) is 0 Å². The normalized spacial score (nSPS) is 12.9. The molecule has 0 aliphatic heterocycles. The lowest BCUT2D eigenvalue weighted by Gasteiger charge is -2.15. The first kappa shape index (κ1) is 12.3. The van der Waals surface area contributed by atoms with Crippen molar-refractivity contribution in [2.45, 2.75) is 32.9 Å². The minimum atomic E-state index is 0.457. The number of hydrogen-bond acceptors (Lipinski definition) is 3. The second kappa shape index (κ2) is 5.47. The summed E-state index contributed by atoms with van der Waals surface area (Å²) in [6.45, 7) is 5.27. The minimum Gasteiger partial charge on any atom is -0.330 e. The van der Waals surface area contributed by atoms with Crippen LogP contribution in [0.15, 0.2) is 24.7 Å². The molecular formula is C13H19N3S. The molecule has 0 spiro atoms. The Bertz CT molecular complexity index is 472. The van der Waals surface area contributed by atoms with Crippen LogP contribution in [-0.4, -0.2) is 16.6 Å². The number of nitrogens with zero attached hydrogens (tertiary/aromatic N) is 2. The van der Waals surface area contributed by atoms with E-state index in [1.165, 1.54) is 15.4 Å². The van der Waals surface area contributed by atoms with E-state index >= 15 is 0 Å². The summed E-state index contributed by atoms with van der Waals surface area (Å²) in [4.78, 5) is 7.06. The zero-order chi connectivity index (χ0) is 12.3. The molecular weight excluding hydrogens is 230 g/mol. The second-order valence-electron chi connectivity index (χ2n) is 4.39. The van der Waals surface area contributed by atoms with Crippen LogP contribution in [0, 0.1) is 6.92 Å². The molecule has 2 rings (SSSR count). The summed E-state index contributed by atoms with van der Waals surface area (Å²) in [5.74, 6) is 0. The molecule has 2 aromatic rings. The molecule has 0 aliphatic rings. The third-order valence-electron chi connectivity index (χ3n) is 2.87. The van der Waals surface area contributed by atoms with Crippen LogP contribution >= 0.6 is 11.3 Å². The van der Waals surface area contributed by atoms with E-state index in [0.29, 0.717) is 6.04 Å². The maximum atomic E-state index is 4.24. The van der Waals surface area contributed by atoms with Gasteiger partial charge in [0.25, 0.3) is 0 Å². The van der Waals surface area contributed by atoms with Crippen molar-refractivity contribution in [3.8, 4) is 0 Å². The predicted molar refractivity (Wildman–Crippen MR) is 72.5 cm³/mol. The fraction of sp³-hybridized carbons (Fsp3) is 0.462. The van der Waals surface area contributed by atoms with Gasteiger partial charge in [0, 0.05) is 35.0 Å². The van der Waals surface area contributed by atoms with Gasteiger partial charge in [-0.3, -0.25) is 0 Å². The molecule has 0 saturated carbocycles. The lowest BCUT2D eigenvalue weighted by atomic mass is 10.2. The quantitative estimate of drug-likeness (QED) is 0.883. The first-order valence-corrected chi connectivity index (χ1v) is 6.73. The smallest absolute Gasteiger partial charge is 0.0951 e. The van der Waals surface area contributed by atoms with Crippen molar-refractivity contribution in [1.82, 2.24) is 14.9 Å². The van der Waals surface area contributed by atoms with E-state index in [2.05, 4.69) is 40.8 Å². The van der Waals surface area contributed by atoms with Gasteiger partial charge in [0.15, 0.2) is 0 Å². The van der Waals surface area contributed by atoms with E-state index in [4.69, 9.17) is 0 Å². The Morgan fingerprint density at radius 2 is 2.29 bits per heavy atom. The first-order chi connectivity index (χ1) is 8.20. The van der Waals surface area contributed by atoms with E-state index in [9.17, 15) is 0 Å². The van der Waals surface area contributed by atoms with Crippen LogP contribution in [0.4, 0.5) is 0 Å². The average molecular weight is 249 g/mol. The summed E-state index contributed by atoms with van der Waals surface area (Å²) in [5, 5.41) is 3.18. The topological polar surface area (TPSA) is 29.9 Å². The van der Waals surface area contributed by atoms with E-state index in [-0.39, 0.29) is 0 Å². The van der Waals surface area contributed by atoms with Crippen molar-refractivity contribution in [2.24, 2.45) is 0 Å². The summed E-state index contributed by atoms with van der Waals surface area (Å²) in [6, 6.07) is 4.87. The molecule has 1 atom stereocenters. The number of nitrogens with one attached hydrogen (secondary N) is 1. The van der Waals surface area contributed by atoms with Gasteiger partial charge in [-0.1, -0.05) is 0 Å². The molecule has 0 fully saturated rings. The Hall–Kier alpha value is -1.13.